The van der Waals surface area contributed by atoms with Crippen molar-refractivity contribution in [3.63, 3.8) is 0 Å². The SMILES string of the molecule is COC(=O)N(/N=C(\CN=Nc1ccccc1)c1ccccc1)c1ccccc1. The molecule has 0 unspecified atom stereocenters. The van der Waals surface area contributed by atoms with Crippen LogP contribution in [0.2, 0.25) is 0 Å². The van der Waals surface area contributed by atoms with Gasteiger partial charge in [0, 0.05) is 0 Å². The van der Waals surface area contributed by atoms with E-state index in [0.29, 0.717) is 11.4 Å². The van der Waals surface area contributed by atoms with Crippen LogP contribution in [0.3, 0.4) is 0 Å². The van der Waals surface area contributed by atoms with Gasteiger partial charge in [-0.25, -0.2) is 4.79 Å². The van der Waals surface area contributed by atoms with Gasteiger partial charge in [-0.3, -0.25) is 0 Å². The van der Waals surface area contributed by atoms with Crippen LogP contribution in [0.5, 0.6) is 0 Å². The van der Waals surface area contributed by atoms with Crippen LogP contribution in [-0.2, 0) is 4.74 Å². The smallest absolute Gasteiger partial charge is 0.434 e. The van der Waals surface area contributed by atoms with E-state index in [2.05, 4.69) is 15.3 Å². The zero-order chi connectivity index (χ0) is 19.6. The number of anilines is 1. The van der Waals surface area contributed by atoms with Gasteiger partial charge in [0.15, 0.2) is 0 Å². The minimum atomic E-state index is -0.584. The summed E-state index contributed by atoms with van der Waals surface area (Å²) < 4.78 is 4.90. The van der Waals surface area contributed by atoms with Gasteiger partial charge in [0.25, 0.3) is 0 Å². The fourth-order valence-electron chi connectivity index (χ4n) is 2.47. The number of ether oxygens (including phenoxy) is 1. The van der Waals surface area contributed by atoms with Crippen molar-refractivity contribution in [2.24, 2.45) is 15.3 Å². The Morgan fingerprint density at radius 1 is 0.857 bits per heavy atom. The molecule has 0 saturated carbocycles. The van der Waals surface area contributed by atoms with Gasteiger partial charge < -0.3 is 4.74 Å². The van der Waals surface area contributed by atoms with E-state index < -0.39 is 6.09 Å². The molecule has 0 aliphatic carbocycles. The fourth-order valence-corrected chi connectivity index (χ4v) is 2.47. The van der Waals surface area contributed by atoms with Gasteiger partial charge in [-0.2, -0.15) is 20.3 Å². The number of amides is 1. The minimum absolute atomic E-state index is 0.208. The molecule has 28 heavy (non-hydrogen) atoms. The highest BCUT2D eigenvalue weighted by atomic mass is 16.5. The Hall–Kier alpha value is -3.80. The minimum Gasteiger partial charge on any atom is -0.451 e. The van der Waals surface area contributed by atoms with Gasteiger partial charge in [0.1, 0.15) is 6.54 Å². The molecule has 0 bridgehead atoms. The van der Waals surface area contributed by atoms with Crippen LogP contribution in [0.1, 0.15) is 5.56 Å². The second-order valence-electron chi connectivity index (χ2n) is 5.77. The lowest BCUT2D eigenvalue weighted by Crippen LogP contribution is -2.27. The molecule has 0 aliphatic rings. The van der Waals surface area contributed by atoms with Crippen LogP contribution in [0.25, 0.3) is 0 Å². The van der Waals surface area contributed by atoms with Gasteiger partial charge in [0.2, 0.25) is 0 Å². The second-order valence-corrected chi connectivity index (χ2v) is 5.77. The standard InChI is InChI=1S/C22H20N4O2/c1-28-22(27)26(20-15-9-4-10-16-20)25-21(18-11-5-2-6-12-18)17-23-24-19-13-7-3-8-14-19/h2-16H,17H2,1H3/b24-23?,25-21+. The Morgan fingerprint density at radius 3 is 2.04 bits per heavy atom. The van der Waals surface area contributed by atoms with Crippen LogP contribution in [-0.4, -0.2) is 25.5 Å². The number of rotatable bonds is 6. The highest BCUT2D eigenvalue weighted by Crippen LogP contribution is 2.17. The van der Waals surface area contributed by atoms with Crippen LogP contribution >= 0.6 is 0 Å². The zero-order valence-corrected chi connectivity index (χ0v) is 15.5. The lowest BCUT2D eigenvalue weighted by Gasteiger charge is -2.17. The van der Waals surface area contributed by atoms with Gasteiger partial charge in [-0.05, 0) is 29.8 Å². The first-order valence-corrected chi connectivity index (χ1v) is 8.76. The Morgan fingerprint density at radius 2 is 1.43 bits per heavy atom. The highest BCUT2D eigenvalue weighted by molar-refractivity contribution is 6.04. The molecule has 6 nitrogen and oxygen atoms in total. The molecule has 1 amide bonds. The van der Waals surface area contributed by atoms with Gasteiger partial charge >= 0.3 is 6.09 Å². The molecule has 0 aliphatic heterocycles. The first-order valence-electron chi connectivity index (χ1n) is 8.76. The average Bonchev–Trinajstić information content (AvgIpc) is 2.77. The van der Waals surface area contributed by atoms with E-state index >= 15 is 0 Å². The molecule has 0 aromatic heterocycles. The summed E-state index contributed by atoms with van der Waals surface area (Å²) in [6.07, 6.45) is -0.584. The van der Waals surface area contributed by atoms with Crippen LogP contribution in [0.15, 0.2) is 106 Å². The van der Waals surface area contributed by atoms with Crippen molar-refractivity contribution in [1.82, 2.24) is 0 Å². The van der Waals surface area contributed by atoms with Gasteiger partial charge in [0.05, 0.1) is 24.2 Å². The number of benzene rings is 3. The van der Waals surface area contributed by atoms with Crippen molar-refractivity contribution in [2.45, 2.75) is 0 Å². The van der Waals surface area contributed by atoms with Crippen molar-refractivity contribution in [3.8, 4) is 0 Å². The summed E-state index contributed by atoms with van der Waals surface area (Å²) in [4.78, 5) is 12.3. The number of azo groups is 1. The van der Waals surface area contributed by atoms with E-state index in [1.54, 1.807) is 12.1 Å². The van der Waals surface area contributed by atoms with Crippen molar-refractivity contribution >= 4 is 23.2 Å². The number of carbonyl (C=O) groups is 1. The third kappa shape index (κ3) is 5.11. The predicted molar refractivity (Wildman–Crippen MR) is 110 cm³/mol. The Kier molecular flexibility index (Phi) is 6.62. The molecule has 6 heteroatoms. The normalized spacial score (nSPS) is 11.4. The molecule has 0 spiro atoms. The van der Waals surface area contributed by atoms with E-state index in [-0.39, 0.29) is 6.54 Å². The Balaban J connectivity index is 1.94. The van der Waals surface area contributed by atoms with E-state index in [1.807, 2.05) is 78.9 Å². The fraction of sp³-hybridized carbons (Fsp3) is 0.0909. The summed E-state index contributed by atoms with van der Waals surface area (Å²) in [5.74, 6) is 0. The summed E-state index contributed by atoms with van der Waals surface area (Å²) in [5, 5.41) is 14.3. The number of methoxy groups -OCH3 is 1. The number of hydrogen-bond donors (Lipinski definition) is 0. The first kappa shape index (κ1) is 19.0. The number of hydrogen-bond acceptors (Lipinski definition) is 5. The molecule has 140 valence electrons. The molecule has 0 N–H and O–H groups in total. The summed E-state index contributed by atoms with van der Waals surface area (Å²) in [6, 6.07) is 28.1. The lowest BCUT2D eigenvalue weighted by molar-refractivity contribution is 0.179. The molecule has 0 radical (unpaired) electrons. The van der Waals surface area contributed by atoms with E-state index in [0.717, 1.165) is 11.3 Å². The number of hydrazone groups is 1. The summed E-state index contributed by atoms with van der Waals surface area (Å²) in [7, 11) is 1.32. The van der Waals surface area contributed by atoms with Crippen molar-refractivity contribution in [2.75, 3.05) is 18.7 Å². The average molecular weight is 372 g/mol. The van der Waals surface area contributed by atoms with E-state index in [9.17, 15) is 4.79 Å². The predicted octanol–water partition coefficient (Wildman–Crippen LogP) is 5.45. The molecule has 0 heterocycles. The summed E-state index contributed by atoms with van der Waals surface area (Å²) in [5.41, 5.74) is 2.79. The van der Waals surface area contributed by atoms with Crippen molar-refractivity contribution < 1.29 is 9.53 Å². The molecular weight excluding hydrogens is 352 g/mol. The van der Waals surface area contributed by atoms with Crippen LogP contribution in [0.4, 0.5) is 16.2 Å². The topological polar surface area (TPSA) is 66.6 Å². The van der Waals surface area contributed by atoms with E-state index in [1.165, 1.54) is 12.1 Å². The summed E-state index contributed by atoms with van der Waals surface area (Å²) in [6.45, 7) is 0.208. The van der Waals surface area contributed by atoms with Crippen molar-refractivity contribution in [3.05, 3.63) is 96.6 Å². The maximum absolute atomic E-state index is 12.3. The Bertz CT molecular complexity index is 942. The highest BCUT2D eigenvalue weighted by Gasteiger charge is 2.17. The molecule has 3 aromatic rings. The lowest BCUT2D eigenvalue weighted by atomic mass is 10.1. The van der Waals surface area contributed by atoms with Gasteiger partial charge in [-0.15, -0.1) is 0 Å². The Labute approximate surface area is 163 Å². The maximum atomic E-state index is 12.3. The molecule has 3 rings (SSSR count). The first-order chi connectivity index (χ1) is 13.8. The van der Waals surface area contributed by atoms with Gasteiger partial charge in [-0.1, -0.05) is 66.7 Å². The van der Waals surface area contributed by atoms with Crippen molar-refractivity contribution in [1.29, 1.82) is 0 Å². The quantitative estimate of drug-likeness (QED) is 0.328. The molecule has 0 saturated heterocycles. The zero-order valence-electron chi connectivity index (χ0n) is 15.5. The van der Waals surface area contributed by atoms with Crippen LogP contribution < -0.4 is 5.01 Å². The largest absolute Gasteiger partial charge is 0.451 e. The number of carbonyl (C=O) groups excluding carboxylic acids is 1. The third-order valence-electron chi connectivity index (χ3n) is 3.84. The molecular formula is C22H20N4O2. The monoisotopic (exact) mass is 372 g/mol. The maximum Gasteiger partial charge on any atom is 0.434 e. The third-order valence-corrected chi connectivity index (χ3v) is 3.84. The van der Waals surface area contributed by atoms with Crippen LogP contribution in [0, 0.1) is 0 Å². The molecule has 3 aromatic carbocycles. The summed E-state index contributed by atoms with van der Waals surface area (Å²) >= 11 is 0. The van der Waals surface area contributed by atoms with E-state index in [4.69, 9.17) is 4.74 Å². The number of nitrogens with zero attached hydrogens (tertiary/aromatic N) is 4. The number of para-hydroxylation sites is 1. The molecule has 0 atom stereocenters. The molecule has 0 fully saturated rings. The second kappa shape index (κ2) is 9.78.